The molecule has 242 valence electrons. The maximum absolute atomic E-state index is 13.6. The molecule has 2 aromatic carbocycles. The summed E-state index contributed by atoms with van der Waals surface area (Å²) in [6, 6.07) is 15.7. The van der Waals surface area contributed by atoms with Crippen molar-refractivity contribution >= 4 is 29.2 Å². The van der Waals surface area contributed by atoms with Crippen molar-refractivity contribution in [2.24, 2.45) is 5.92 Å². The minimum Gasteiger partial charge on any atom is -0.453 e. The molecule has 0 aliphatic carbocycles. The first-order chi connectivity index (χ1) is 21.7. The van der Waals surface area contributed by atoms with Gasteiger partial charge in [-0.1, -0.05) is 56.3 Å². The van der Waals surface area contributed by atoms with Gasteiger partial charge >= 0.3 is 6.09 Å². The Bertz CT molecular complexity index is 1780. The lowest BCUT2D eigenvalue weighted by molar-refractivity contribution is -0.122. The molecular formula is C33H39N7O6. The van der Waals surface area contributed by atoms with Crippen LogP contribution in [0, 0.1) is 12.8 Å². The van der Waals surface area contributed by atoms with Gasteiger partial charge in [-0.15, -0.1) is 10.2 Å². The van der Waals surface area contributed by atoms with E-state index < -0.39 is 41.3 Å². The first kappa shape index (κ1) is 33.6. The number of amides is 2. The van der Waals surface area contributed by atoms with Gasteiger partial charge in [0.05, 0.1) is 24.3 Å². The molecule has 0 aliphatic rings. The van der Waals surface area contributed by atoms with Gasteiger partial charge in [-0.2, -0.15) is 0 Å². The van der Waals surface area contributed by atoms with Crippen LogP contribution in [0.4, 0.5) is 16.2 Å². The fourth-order valence-corrected chi connectivity index (χ4v) is 4.82. The predicted octanol–water partition coefficient (Wildman–Crippen LogP) is 4.20. The van der Waals surface area contributed by atoms with Gasteiger partial charge in [0, 0.05) is 25.3 Å². The summed E-state index contributed by atoms with van der Waals surface area (Å²) in [5, 5.41) is 13.3. The van der Waals surface area contributed by atoms with Gasteiger partial charge in [0.25, 0.3) is 11.4 Å². The molecule has 0 bridgehead atoms. The summed E-state index contributed by atoms with van der Waals surface area (Å²) in [4.78, 5) is 59.1. The molecular weight excluding hydrogens is 590 g/mol. The number of benzene rings is 2. The molecule has 0 saturated carbocycles. The van der Waals surface area contributed by atoms with Gasteiger partial charge < -0.3 is 19.4 Å². The van der Waals surface area contributed by atoms with E-state index in [0.717, 1.165) is 15.8 Å². The average molecular weight is 630 g/mol. The molecule has 13 heteroatoms. The number of hydrogen-bond donors (Lipinski definition) is 2. The molecule has 0 saturated heterocycles. The fourth-order valence-electron chi connectivity index (χ4n) is 4.82. The standard InChI is InChI=1S/C33H39N7O6/c1-19(2)25(27(42)29-37-38-31(46-29)33(4,5)22-14-16-23(17-15-22)39(6)7)35-24(41)18-40-28(21-12-10-9-11-13-21)34-20(3)26(30(40)43)36-32(44)45-8/h9-17,19,25H,18H2,1-8H3,(H,35,41)(H,36,44)/t25-/m0/s1. The van der Waals surface area contributed by atoms with Crippen molar-refractivity contribution in [2.45, 2.75) is 52.6 Å². The largest absolute Gasteiger partial charge is 0.453 e. The highest BCUT2D eigenvalue weighted by Crippen LogP contribution is 2.32. The molecule has 1 atom stereocenters. The number of aromatic nitrogens is 4. The zero-order chi connectivity index (χ0) is 33.8. The Morgan fingerprint density at radius 2 is 1.67 bits per heavy atom. The van der Waals surface area contributed by atoms with Crippen molar-refractivity contribution in [3.63, 3.8) is 0 Å². The van der Waals surface area contributed by atoms with E-state index in [0.29, 0.717) is 5.56 Å². The number of ether oxygens (including phenoxy) is 1. The number of carbonyl (C=O) groups is 3. The Labute approximate surface area is 267 Å². The van der Waals surface area contributed by atoms with Crippen LogP contribution in [0.1, 0.15) is 55.5 Å². The van der Waals surface area contributed by atoms with Crippen molar-refractivity contribution in [1.82, 2.24) is 25.1 Å². The number of anilines is 2. The summed E-state index contributed by atoms with van der Waals surface area (Å²) in [5.74, 6) is -1.35. The summed E-state index contributed by atoms with van der Waals surface area (Å²) in [5.41, 5.74) is 1.28. The molecule has 13 nitrogen and oxygen atoms in total. The van der Waals surface area contributed by atoms with Crippen LogP contribution in [0.15, 0.2) is 63.8 Å². The maximum Gasteiger partial charge on any atom is 0.411 e. The van der Waals surface area contributed by atoms with E-state index >= 15 is 0 Å². The lowest BCUT2D eigenvalue weighted by Gasteiger charge is -2.22. The molecule has 0 unspecified atom stereocenters. The van der Waals surface area contributed by atoms with Crippen LogP contribution in [-0.2, 0) is 21.5 Å². The molecule has 0 radical (unpaired) electrons. The normalized spacial score (nSPS) is 12.0. The Morgan fingerprint density at radius 1 is 1.02 bits per heavy atom. The monoisotopic (exact) mass is 629 g/mol. The van der Waals surface area contributed by atoms with Gasteiger partial charge in [-0.25, -0.2) is 9.78 Å². The molecule has 2 amide bonds. The van der Waals surface area contributed by atoms with Crippen molar-refractivity contribution in [3.8, 4) is 11.4 Å². The lowest BCUT2D eigenvalue weighted by atomic mass is 9.84. The number of hydrogen-bond acceptors (Lipinski definition) is 10. The first-order valence-corrected chi connectivity index (χ1v) is 14.7. The molecule has 46 heavy (non-hydrogen) atoms. The van der Waals surface area contributed by atoms with Gasteiger partial charge in [0.2, 0.25) is 17.6 Å². The Kier molecular flexibility index (Phi) is 10.0. The third kappa shape index (κ3) is 7.14. The second-order valence-electron chi connectivity index (χ2n) is 11.9. The number of nitrogens with one attached hydrogen (secondary N) is 2. The zero-order valence-electron chi connectivity index (χ0n) is 27.2. The molecule has 0 spiro atoms. The van der Waals surface area contributed by atoms with E-state index in [1.807, 2.05) is 63.2 Å². The number of ketones is 1. The van der Waals surface area contributed by atoms with Crippen LogP contribution in [0.2, 0.25) is 0 Å². The van der Waals surface area contributed by atoms with Crippen LogP contribution in [0.5, 0.6) is 0 Å². The molecule has 2 heterocycles. The minimum atomic E-state index is -1.04. The van der Waals surface area contributed by atoms with Crippen LogP contribution < -0.4 is 21.1 Å². The summed E-state index contributed by atoms with van der Waals surface area (Å²) >= 11 is 0. The van der Waals surface area contributed by atoms with Crippen molar-refractivity contribution < 1.29 is 23.5 Å². The summed E-state index contributed by atoms with van der Waals surface area (Å²) in [7, 11) is 5.08. The van der Waals surface area contributed by atoms with E-state index in [4.69, 9.17) is 4.42 Å². The number of aryl methyl sites for hydroxylation is 1. The van der Waals surface area contributed by atoms with Crippen molar-refractivity contribution in [3.05, 3.63) is 88.0 Å². The number of rotatable bonds is 11. The average Bonchev–Trinajstić information content (AvgIpc) is 3.54. The number of carbonyl (C=O) groups excluding carboxylic acids is 3. The van der Waals surface area contributed by atoms with Gasteiger partial charge in [-0.3, -0.25) is 24.3 Å². The Balaban J connectivity index is 1.60. The molecule has 2 aromatic heterocycles. The molecule has 0 fully saturated rings. The summed E-state index contributed by atoms with van der Waals surface area (Å²) in [6.07, 6.45) is -0.858. The molecule has 4 rings (SSSR count). The van der Waals surface area contributed by atoms with Gasteiger partial charge in [0.1, 0.15) is 18.1 Å². The van der Waals surface area contributed by atoms with Crippen molar-refractivity contribution in [1.29, 1.82) is 0 Å². The van der Waals surface area contributed by atoms with Crippen LogP contribution in [0.25, 0.3) is 11.4 Å². The Hall–Kier alpha value is -5.33. The maximum atomic E-state index is 13.6. The van der Waals surface area contributed by atoms with Gasteiger partial charge in [0.15, 0.2) is 0 Å². The first-order valence-electron chi connectivity index (χ1n) is 14.7. The van der Waals surface area contributed by atoms with E-state index in [1.54, 1.807) is 45.0 Å². The van der Waals surface area contributed by atoms with Crippen LogP contribution in [0.3, 0.4) is 0 Å². The van der Waals surface area contributed by atoms with E-state index in [2.05, 4.69) is 30.6 Å². The number of Topliss-reactive ketones (excluding diaryl/α,β-unsaturated/α-hetero) is 1. The number of nitrogens with zero attached hydrogens (tertiary/aromatic N) is 5. The minimum absolute atomic E-state index is 0.131. The van der Waals surface area contributed by atoms with E-state index in [9.17, 15) is 19.2 Å². The smallest absolute Gasteiger partial charge is 0.411 e. The van der Waals surface area contributed by atoms with E-state index in [1.165, 1.54) is 7.11 Å². The third-order valence-corrected chi connectivity index (χ3v) is 7.64. The third-order valence-electron chi connectivity index (χ3n) is 7.64. The topological polar surface area (TPSA) is 162 Å². The highest BCUT2D eigenvalue weighted by atomic mass is 16.5. The quantitative estimate of drug-likeness (QED) is 0.230. The molecule has 4 aromatic rings. The predicted molar refractivity (Wildman–Crippen MR) is 173 cm³/mol. The lowest BCUT2D eigenvalue weighted by Crippen LogP contribution is -2.47. The summed E-state index contributed by atoms with van der Waals surface area (Å²) < 4.78 is 11.7. The number of methoxy groups -OCH3 is 1. The molecule has 2 N–H and O–H groups in total. The van der Waals surface area contributed by atoms with Gasteiger partial charge in [-0.05, 0) is 44.4 Å². The zero-order valence-corrected chi connectivity index (χ0v) is 27.2. The molecule has 0 aliphatic heterocycles. The summed E-state index contributed by atoms with van der Waals surface area (Å²) in [6.45, 7) is 8.45. The van der Waals surface area contributed by atoms with Crippen molar-refractivity contribution in [2.75, 3.05) is 31.4 Å². The second-order valence-corrected chi connectivity index (χ2v) is 11.9. The van der Waals surface area contributed by atoms with Crippen LogP contribution >= 0.6 is 0 Å². The second kappa shape index (κ2) is 13.8. The van der Waals surface area contributed by atoms with Crippen LogP contribution in [-0.4, -0.2) is 64.8 Å². The Morgan fingerprint density at radius 3 is 2.26 bits per heavy atom. The highest BCUT2D eigenvalue weighted by molar-refractivity contribution is 5.98. The highest BCUT2D eigenvalue weighted by Gasteiger charge is 2.34. The SMILES string of the molecule is COC(=O)Nc1c(C)nc(-c2ccccc2)n(CC(=O)N[C@H](C(=O)c2nnc(C(C)(C)c3ccc(N(C)C)cc3)o2)C(C)C)c1=O. The fraction of sp³-hybridized carbons (Fsp3) is 0.364. The van der Waals surface area contributed by atoms with E-state index in [-0.39, 0.29) is 34.9 Å².